The largest absolute Gasteiger partial charge is 0.493 e. The van der Waals surface area contributed by atoms with Crippen molar-refractivity contribution >= 4 is 55.0 Å². The Hall–Kier alpha value is -3.14. The summed E-state index contributed by atoms with van der Waals surface area (Å²) >= 11 is 8.58. The number of allylic oxidation sites excluding steroid dienone is 1. The molecule has 0 saturated heterocycles. The van der Waals surface area contributed by atoms with E-state index in [1.807, 2.05) is 54.0 Å². The Kier molecular flexibility index (Phi) is 7.46. The summed E-state index contributed by atoms with van der Waals surface area (Å²) in [6.07, 6.45) is 3.60. The molecule has 40 heavy (non-hydrogen) atoms. The summed E-state index contributed by atoms with van der Waals surface area (Å²) in [4.78, 5) is 20.0. The van der Waals surface area contributed by atoms with Crippen LogP contribution in [0.15, 0.2) is 78.9 Å². The minimum atomic E-state index is -0.317. The zero-order chi connectivity index (χ0) is 28.0. The van der Waals surface area contributed by atoms with E-state index in [-0.39, 0.29) is 11.6 Å². The van der Waals surface area contributed by atoms with Gasteiger partial charge >= 0.3 is 0 Å². The van der Waals surface area contributed by atoms with Crippen molar-refractivity contribution in [3.8, 4) is 17.2 Å². The van der Waals surface area contributed by atoms with Crippen molar-refractivity contribution in [2.75, 3.05) is 20.8 Å². The predicted molar refractivity (Wildman–Crippen MR) is 165 cm³/mol. The van der Waals surface area contributed by atoms with Crippen molar-refractivity contribution < 1.29 is 14.2 Å². The number of hydrogen-bond acceptors (Lipinski definition) is 6. The van der Waals surface area contributed by atoms with Crippen LogP contribution in [0.4, 0.5) is 0 Å². The molecule has 0 saturated carbocycles. The lowest BCUT2D eigenvalue weighted by molar-refractivity contribution is 0.337. The van der Waals surface area contributed by atoms with E-state index in [1.54, 1.807) is 14.2 Å². The van der Waals surface area contributed by atoms with Gasteiger partial charge in [-0.25, -0.2) is 4.99 Å². The Morgan fingerprint density at radius 3 is 2.62 bits per heavy atom. The average molecular weight is 682 g/mol. The molecule has 0 amide bonds. The SMILES string of the molecule is CCOc1c(Br)cc(Br)cc1/C=c1/sc2n(c1=O)[C@@H](c1ccc(OC)c(OC)c1)C1=C(N=2)c2ccccc2CC1. The first-order valence-corrected chi connectivity index (χ1v) is 15.3. The fourth-order valence-corrected chi connectivity index (χ4v) is 7.84. The van der Waals surface area contributed by atoms with Crippen LogP contribution in [0.5, 0.6) is 17.2 Å². The summed E-state index contributed by atoms with van der Waals surface area (Å²) in [7, 11) is 3.25. The van der Waals surface area contributed by atoms with Gasteiger partial charge in [-0.05, 0) is 82.7 Å². The number of aromatic nitrogens is 1. The molecule has 0 bridgehead atoms. The topological polar surface area (TPSA) is 62.0 Å². The van der Waals surface area contributed by atoms with Gasteiger partial charge in [-0.3, -0.25) is 9.36 Å². The summed E-state index contributed by atoms with van der Waals surface area (Å²) in [6, 6.07) is 17.9. The van der Waals surface area contributed by atoms with Crippen molar-refractivity contribution in [3.63, 3.8) is 0 Å². The second kappa shape index (κ2) is 11.0. The Balaban J connectivity index is 1.62. The Labute approximate surface area is 252 Å². The number of nitrogens with zero attached hydrogens (tertiary/aromatic N) is 2. The highest BCUT2D eigenvalue weighted by Crippen LogP contribution is 2.43. The molecule has 1 aromatic heterocycles. The highest BCUT2D eigenvalue weighted by Gasteiger charge is 2.33. The number of methoxy groups -OCH3 is 2. The Morgan fingerprint density at radius 1 is 1.05 bits per heavy atom. The van der Waals surface area contributed by atoms with Crippen LogP contribution in [0, 0.1) is 0 Å². The van der Waals surface area contributed by atoms with Gasteiger partial charge in [0, 0.05) is 15.6 Å². The number of fused-ring (bicyclic) bond motifs is 3. The molecule has 6 nitrogen and oxygen atoms in total. The normalized spacial score (nSPS) is 16.1. The highest BCUT2D eigenvalue weighted by molar-refractivity contribution is 9.11. The molecule has 1 aliphatic carbocycles. The quantitative estimate of drug-likeness (QED) is 0.241. The van der Waals surface area contributed by atoms with Gasteiger partial charge in [0.1, 0.15) is 5.75 Å². The van der Waals surface area contributed by atoms with Crippen LogP contribution in [0.3, 0.4) is 0 Å². The zero-order valence-electron chi connectivity index (χ0n) is 22.2. The molecular weight excluding hydrogens is 656 g/mol. The first-order chi connectivity index (χ1) is 19.4. The molecule has 0 N–H and O–H groups in total. The predicted octanol–water partition coefficient (Wildman–Crippen LogP) is 6.26. The van der Waals surface area contributed by atoms with Gasteiger partial charge in [0.05, 0.1) is 41.6 Å². The van der Waals surface area contributed by atoms with Crippen LogP contribution in [0.2, 0.25) is 0 Å². The van der Waals surface area contributed by atoms with E-state index < -0.39 is 0 Å². The van der Waals surface area contributed by atoms with Gasteiger partial charge in [-0.2, -0.15) is 0 Å². The number of halogens is 2. The first kappa shape index (κ1) is 27.1. The maximum Gasteiger partial charge on any atom is 0.271 e. The molecule has 0 fully saturated rings. The molecule has 3 aromatic carbocycles. The van der Waals surface area contributed by atoms with Gasteiger partial charge in [-0.15, -0.1) is 0 Å². The van der Waals surface area contributed by atoms with Gasteiger partial charge in [-0.1, -0.05) is 57.6 Å². The Morgan fingerprint density at radius 2 is 1.85 bits per heavy atom. The van der Waals surface area contributed by atoms with Crippen LogP contribution in [-0.2, 0) is 6.42 Å². The molecule has 6 rings (SSSR count). The van der Waals surface area contributed by atoms with Crippen LogP contribution >= 0.6 is 43.2 Å². The van der Waals surface area contributed by atoms with E-state index in [1.165, 1.54) is 16.9 Å². The maximum atomic E-state index is 14.2. The number of aryl methyl sites for hydroxylation is 1. The molecule has 204 valence electrons. The lowest BCUT2D eigenvalue weighted by Crippen LogP contribution is -2.38. The van der Waals surface area contributed by atoms with E-state index in [0.717, 1.165) is 49.7 Å². The average Bonchev–Trinajstić information content (AvgIpc) is 3.27. The Bertz CT molecular complexity index is 1860. The summed E-state index contributed by atoms with van der Waals surface area (Å²) < 4.78 is 21.2. The molecule has 1 atom stereocenters. The maximum absolute atomic E-state index is 14.2. The van der Waals surface area contributed by atoms with Crippen molar-refractivity contribution in [2.45, 2.75) is 25.8 Å². The molecule has 0 spiro atoms. The van der Waals surface area contributed by atoms with Crippen LogP contribution in [0.1, 0.15) is 41.6 Å². The third-order valence-electron chi connectivity index (χ3n) is 7.21. The van der Waals surface area contributed by atoms with Crippen molar-refractivity contribution in [1.29, 1.82) is 0 Å². The summed E-state index contributed by atoms with van der Waals surface area (Å²) in [5.41, 5.74) is 6.15. The number of thiazole rings is 1. The monoisotopic (exact) mass is 680 g/mol. The molecule has 0 radical (unpaired) electrons. The standard InChI is InChI=1S/C31H26Br2N2O4S/c1-4-39-29-19(13-20(32)16-23(29)33)15-26-30(36)35-28(18-10-12-24(37-2)25(14-18)38-3)22-11-9-17-7-5-6-8-21(17)27(22)34-31(35)40-26/h5-8,10,12-16,28H,4,9,11H2,1-3H3/b26-15+/t28-/m0/s1. The van der Waals surface area contributed by atoms with Crippen LogP contribution in [0.25, 0.3) is 11.8 Å². The van der Waals surface area contributed by atoms with Gasteiger partial charge in [0.2, 0.25) is 0 Å². The van der Waals surface area contributed by atoms with Crippen molar-refractivity contribution in [1.82, 2.24) is 4.57 Å². The number of benzene rings is 3. The summed E-state index contributed by atoms with van der Waals surface area (Å²) in [6.45, 7) is 2.45. The third kappa shape index (κ3) is 4.63. The van der Waals surface area contributed by atoms with Gasteiger partial charge < -0.3 is 14.2 Å². The number of ether oxygens (including phenoxy) is 3. The van der Waals surface area contributed by atoms with E-state index in [0.29, 0.717) is 33.2 Å². The molecular formula is C31H26Br2N2O4S. The number of hydrogen-bond donors (Lipinski definition) is 0. The van der Waals surface area contributed by atoms with Gasteiger partial charge in [0.15, 0.2) is 16.3 Å². The first-order valence-electron chi connectivity index (χ1n) is 12.9. The molecule has 2 heterocycles. The van der Waals surface area contributed by atoms with E-state index in [9.17, 15) is 4.79 Å². The van der Waals surface area contributed by atoms with Crippen molar-refractivity contribution in [3.05, 3.63) is 111 Å². The van der Waals surface area contributed by atoms with Gasteiger partial charge in [0.25, 0.3) is 5.56 Å². The zero-order valence-corrected chi connectivity index (χ0v) is 26.2. The minimum Gasteiger partial charge on any atom is -0.493 e. The molecule has 4 aromatic rings. The van der Waals surface area contributed by atoms with E-state index in [4.69, 9.17) is 19.2 Å². The molecule has 0 unspecified atom stereocenters. The summed E-state index contributed by atoms with van der Waals surface area (Å²) in [5, 5.41) is 0. The second-order valence-electron chi connectivity index (χ2n) is 9.47. The van der Waals surface area contributed by atoms with Crippen LogP contribution in [-0.4, -0.2) is 25.4 Å². The summed E-state index contributed by atoms with van der Waals surface area (Å²) in [5.74, 6) is 1.96. The number of rotatable bonds is 6. The fourth-order valence-electron chi connectivity index (χ4n) is 5.47. The molecule has 9 heteroatoms. The van der Waals surface area contributed by atoms with E-state index in [2.05, 4.69) is 50.1 Å². The second-order valence-corrected chi connectivity index (χ2v) is 12.2. The highest BCUT2D eigenvalue weighted by atomic mass is 79.9. The van der Waals surface area contributed by atoms with Crippen LogP contribution < -0.4 is 29.1 Å². The lowest BCUT2D eigenvalue weighted by Gasteiger charge is -2.31. The third-order valence-corrected chi connectivity index (χ3v) is 9.24. The smallest absolute Gasteiger partial charge is 0.271 e. The fraction of sp³-hybridized carbons (Fsp3) is 0.226. The van der Waals surface area contributed by atoms with E-state index >= 15 is 0 Å². The van der Waals surface area contributed by atoms with Crippen molar-refractivity contribution in [2.24, 2.45) is 4.99 Å². The minimum absolute atomic E-state index is 0.0903. The lowest BCUT2D eigenvalue weighted by atomic mass is 9.83. The molecule has 1 aliphatic heterocycles. The molecule has 2 aliphatic rings.